The lowest BCUT2D eigenvalue weighted by Crippen LogP contribution is -2.61. The molecule has 0 spiro atoms. The molecule has 1 heterocycles. The van der Waals surface area contributed by atoms with Crippen LogP contribution in [0.3, 0.4) is 0 Å². The van der Waals surface area contributed by atoms with Gasteiger partial charge in [-0.1, -0.05) is 6.07 Å². The lowest BCUT2D eigenvalue weighted by Gasteiger charge is -2.56. The smallest absolute Gasteiger partial charge is 0.315 e. The monoisotopic (exact) mass is 375 g/mol. The van der Waals surface area contributed by atoms with Crippen molar-refractivity contribution in [2.45, 2.75) is 56.9 Å². The number of hydrogen-bond donors (Lipinski definition) is 3. The van der Waals surface area contributed by atoms with Crippen LogP contribution in [0.4, 0.5) is 4.79 Å². The first-order valence-corrected chi connectivity index (χ1v) is 10.8. The summed E-state index contributed by atoms with van der Waals surface area (Å²) in [5.74, 6) is 2.44. The Morgan fingerprint density at radius 2 is 1.73 bits per heavy atom. The second-order valence-corrected chi connectivity index (χ2v) is 9.54. The zero-order valence-corrected chi connectivity index (χ0v) is 16.1. The molecule has 0 saturated heterocycles. The summed E-state index contributed by atoms with van der Waals surface area (Å²) in [6, 6.07) is 4.00. The van der Waals surface area contributed by atoms with Crippen LogP contribution in [0, 0.1) is 17.8 Å². The van der Waals surface area contributed by atoms with Crippen LogP contribution in [0.1, 0.15) is 49.8 Å². The zero-order chi connectivity index (χ0) is 18.0. The maximum atomic E-state index is 12.3. The van der Waals surface area contributed by atoms with E-state index in [9.17, 15) is 9.59 Å². The third-order valence-electron chi connectivity index (χ3n) is 6.33. The van der Waals surface area contributed by atoms with E-state index in [1.54, 1.807) is 11.3 Å². The van der Waals surface area contributed by atoms with E-state index in [1.807, 2.05) is 11.4 Å². The van der Waals surface area contributed by atoms with E-state index >= 15 is 0 Å². The van der Waals surface area contributed by atoms with Crippen molar-refractivity contribution < 1.29 is 9.59 Å². The summed E-state index contributed by atoms with van der Waals surface area (Å²) in [6.45, 7) is 1.04. The minimum absolute atomic E-state index is 0.00309. The molecule has 0 radical (unpaired) electrons. The molecule has 6 heteroatoms. The van der Waals surface area contributed by atoms with Crippen molar-refractivity contribution in [1.29, 1.82) is 0 Å². The van der Waals surface area contributed by atoms with E-state index < -0.39 is 0 Å². The standard InChI is InChI=1S/C20H29N3O2S/c24-18(21-5-3-17-2-1-7-26-17)4-6-22-19(25)23-20-11-14-8-15(12-20)10-16(9-14)13-20/h1-2,7,14-16H,3-6,8-13H2,(H,21,24)(H2,22,23,25). The van der Waals surface area contributed by atoms with Crippen LogP contribution in [0.2, 0.25) is 0 Å². The van der Waals surface area contributed by atoms with Crippen LogP contribution in [-0.2, 0) is 11.2 Å². The second kappa shape index (κ2) is 7.59. The SMILES string of the molecule is O=C(CCNC(=O)NC12CC3CC(CC(C3)C1)C2)NCCc1cccs1. The molecular weight excluding hydrogens is 346 g/mol. The number of thiophene rings is 1. The Morgan fingerprint density at radius 1 is 1.04 bits per heavy atom. The summed E-state index contributed by atoms with van der Waals surface area (Å²) in [5, 5.41) is 11.1. The molecule has 4 saturated carbocycles. The van der Waals surface area contributed by atoms with Crippen LogP contribution < -0.4 is 16.0 Å². The Kier molecular flexibility index (Phi) is 5.20. The van der Waals surface area contributed by atoms with E-state index in [0.717, 1.165) is 43.4 Å². The predicted octanol–water partition coefficient (Wildman–Crippen LogP) is 3.06. The van der Waals surface area contributed by atoms with Crippen molar-refractivity contribution in [2.75, 3.05) is 13.1 Å². The Balaban J connectivity index is 1.14. The highest BCUT2D eigenvalue weighted by Gasteiger charge is 2.51. The highest BCUT2D eigenvalue weighted by Crippen LogP contribution is 2.55. The second-order valence-electron chi connectivity index (χ2n) is 8.51. The van der Waals surface area contributed by atoms with Crippen molar-refractivity contribution in [3.8, 4) is 0 Å². The molecule has 5 nitrogen and oxygen atoms in total. The first-order valence-electron chi connectivity index (χ1n) is 9.95. The average molecular weight is 376 g/mol. The average Bonchev–Trinajstić information content (AvgIpc) is 3.06. The van der Waals surface area contributed by atoms with Gasteiger partial charge in [0.1, 0.15) is 0 Å². The molecule has 4 bridgehead atoms. The lowest BCUT2D eigenvalue weighted by atomic mass is 9.53. The molecule has 4 aliphatic rings. The predicted molar refractivity (Wildman–Crippen MR) is 103 cm³/mol. The molecule has 0 aliphatic heterocycles. The Hall–Kier alpha value is -1.56. The van der Waals surface area contributed by atoms with Gasteiger partial charge >= 0.3 is 6.03 Å². The Labute approximate surface area is 159 Å². The van der Waals surface area contributed by atoms with Gasteiger partial charge in [0.15, 0.2) is 0 Å². The van der Waals surface area contributed by atoms with Gasteiger partial charge in [-0.05, 0) is 74.1 Å². The van der Waals surface area contributed by atoms with Gasteiger partial charge in [0.25, 0.3) is 0 Å². The van der Waals surface area contributed by atoms with E-state index in [4.69, 9.17) is 0 Å². The first-order chi connectivity index (χ1) is 12.6. The summed E-state index contributed by atoms with van der Waals surface area (Å²) < 4.78 is 0. The molecular formula is C20H29N3O2S. The number of hydrogen-bond acceptors (Lipinski definition) is 3. The maximum absolute atomic E-state index is 12.3. The van der Waals surface area contributed by atoms with E-state index in [2.05, 4.69) is 22.0 Å². The normalized spacial score (nSPS) is 31.6. The van der Waals surface area contributed by atoms with Gasteiger partial charge in [0.05, 0.1) is 0 Å². The van der Waals surface area contributed by atoms with Crippen LogP contribution in [0.25, 0.3) is 0 Å². The molecule has 1 aromatic rings. The van der Waals surface area contributed by atoms with Gasteiger partial charge in [0.2, 0.25) is 5.91 Å². The summed E-state index contributed by atoms with van der Waals surface area (Å²) in [5.41, 5.74) is 0.0296. The minimum atomic E-state index is -0.0988. The Morgan fingerprint density at radius 3 is 2.35 bits per heavy atom. The van der Waals surface area contributed by atoms with Gasteiger partial charge in [-0.15, -0.1) is 11.3 Å². The van der Waals surface area contributed by atoms with E-state index in [1.165, 1.54) is 24.1 Å². The number of carbonyl (C=O) groups excluding carboxylic acids is 2. The molecule has 26 heavy (non-hydrogen) atoms. The molecule has 4 aliphatic carbocycles. The number of nitrogens with one attached hydrogen (secondary N) is 3. The van der Waals surface area contributed by atoms with Crippen LogP contribution >= 0.6 is 11.3 Å². The fourth-order valence-electron chi connectivity index (χ4n) is 5.71. The van der Waals surface area contributed by atoms with Crippen molar-refractivity contribution >= 4 is 23.3 Å². The van der Waals surface area contributed by atoms with Crippen molar-refractivity contribution in [3.05, 3.63) is 22.4 Å². The number of urea groups is 1. The largest absolute Gasteiger partial charge is 0.356 e. The van der Waals surface area contributed by atoms with Gasteiger partial charge in [-0.25, -0.2) is 4.79 Å². The van der Waals surface area contributed by atoms with Crippen LogP contribution in [-0.4, -0.2) is 30.6 Å². The quantitative estimate of drug-likeness (QED) is 0.685. The molecule has 5 rings (SSSR count). The van der Waals surface area contributed by atoms with E-state index in [-0.39, 0.29) is 17.5 Å². The highest BCUT2D eigenvalue weighted by molar-refractivity contribution is 7.09. The van der Waals surface area contributed by atoms with Gasteiger partial charge in [0, 0.05) is 29.9 Å². The van der Waals surface area contributed by atoms with Gasteiger partial charge < -0.3 is 16.0 Å². The highest BCUT2D eigenvalue weighted by atomic mass is 32.1. The molecule has 3 N–H and O–H groups in total. The number of amides is 3. The first kappa shape index (κ1) is 17.8. The summed E-state index contributed by atoms with van der Waals surface area (Å²) in [6.07, 6.45) is 8.75. The lowest BCUT2D eigenvalue weighted by molar-refractivity contribution is -0.120. The molecule has 1 aromatic heterocycles. The van der Waals surface area contributed by atoms with Gasteiger partial charge in [-0.2, -0.15) is 0 Å². The topological polar surface area (TPSA) is 70.2 Å². The van der Waals surface area contributed by atoms with Crippen molar-refractivity contribution in [1.82, 2.24) is 16.0 Å². The maximum Gasteiger partial charge on any atom is 0.315 e. The third kappa shape index (κ3) is 4.22. The minimum Gasteiger partial charge on any atom is -0.356 e. The summed E-state index contributed by atoms with van der Waals surface area (Å²) >= 11 is 1.71. The number of carbonyl (C=O) groups is 2. The number of rotatable bonds is 7. The van der Waals surface area contributed by atoms with Crippen LogP contribution in [0.15, 0.2) is 17.5 Å². The summed E-state index contributed by atoms with van der Waals surface area (Å²) in [4.78, 5) is 25.5. The molecule has 142 valence electrons. The molecule has 0 aromatic carbocycles. The van der Waals surface area contributed by atoms with Gasteiger partial charge in [-0.3, -0.25) is 4.79 Å². The molecule has 3 amide bonds. The molecule has 4 fully saturated rings. The Bertz CT molecular complexity index is 608. The third-order valence-corrected chi connectivity index (χ3v) is 7.26. The molecule has 0 unspecified atom stereocenters. The van der Waals surface area contributed by atoms with E-state index in [0.29, 0.717) is 19.5 Å². The summed E-state index contributed by atoms with van der Waals surface area (Å²) in [7, 11) is 0. The fraction of sp³-hybridized carbons (Fsp3) is 0.700. The van der Waals surface area contributed by atoms with Crippen LogP contribution in [0.5, 0.6) is 0 Å². The zero-order valence-electron chi connectivity index (χ0n) is 15.3. The fourth-order valence-corrected chi connectivity index (χ4v) is 6.42. The van der Waals surface area contributed by atoms with Crippen molar-refractivity contribution in [2.24, 2.45) is 17.8 Å². The molecule has 0 atom stereocenters. The van der Waals surface area contributed by atoms with Crippen molar-refractivity contribution in [3.63, 3.8) is 0 Å².